The van der Waals surface area contributed by atoms with Crippen molar-refractivity contribution in [1.29, 1.82) is 0 Å². The Balaban J connectivity index is 2.75. The van der Waals surface area contributed by atoms with E-state index in [1.807, 2.05) is 6.92 Å². The van der Waals surface area contributed by atoms with Gasteiger partial charge in [0.2, 0.25) is 0 Å². The molecular formula is C12H13ClO4. The molecule has 92 valence electrons. The molecule has 0 aliphatic rings. The lowest BCUT2D eigenvalue weighted by atomic mass is 10.1. The Morgan fingerprint density at radius 2 is 2.06 bits per heavy atom. The molecule has 0 saturated carbocycles. The zero-order valence-electron chi connectivity index (χ0n) is 9.66. The van der Waals surface area contributed by atoms with Crippen LogP contribution in [0.3, 0.4) is 0 Å². The van der Waals surface area contributed by atoms with Gasteiger partial charge in [0.05, 0.1) is 11.6 Å². The summed E-state index contributed by atoms with van der Waals surface area (Å²) in [6.07, 6.45) is 0. The molecule has 0 unspecified atom stereocenters. The molecule has 5 heteroatoms. The van der Waals surface area contributed by atoms with Crippen LogP contribution in [0.25, 0.3) is 0 Å². The van der Waals surface area contributed by atoms with Crippen molar-refractivity contribution in [3.8, 4) is 5.75 Å². The fourth-order valence-electron chi connectivity index (χ4n) is 1.20. The Bertz CT molecular complexity index is 429. The van der Waals surface area contributed by atoms with Crippen LogP contribution in [0.1, 0.15) is 24.2 Å². The molecule has 0 bridgehead atoms. The summed E-state index contributed by atoms with van der Waals surface area (Å²) in [5.74, 6) is -0.265. The van der Waals surface area contributed by atoms with Gasteiger partial charge in [-0.15, -0.1) is 0 Å². The highest BCUT2D eigenvalue weighted by molar-refractivity contribution is 6.32. The monoisotopic (exact) mass is 256 g/mol. The average Bonchev–Trinajstić information content (AvgIpc) is 2.28. The molecule has 0 fully saturated rings. The normalized spacial score (nSPS) is 9.82. The minimum atomic E-state index is -0.490. The highest BCUT2D eigenvalue weighted by atomic mass is 35.5. The number of halogens is 1. The van der Waals surface area contributed by atoms with Gasteiger partial charge in [-0.25, -0.2) is 0 Å². The number of hydrogen-bond acceptors (Lipinski definition) is 4. The van der Waals surface area contributed by atoms with Crippen molar-refractivity contribution in [3.63, 3.8) is 0 Å². The summed E-state index contributed by atoms with van der Waals surface area (Å²) >= 11 is 5.93. The second-order valence-corrected chi connectivity index (χ2v) is 3.69. The van der Waals surface area contributed by atoms with E-state index in [-0.39, 0.29) is 12.4 Å². The summed E-state index contributed by atoms with van der Waals surface area (Å²) in [5.41, 5.74) is 0.389. The third kappa shape index (κ3) is 4.07. The Morgan fingerprint density at radius 1 is 1.35 bits per heavy atom. The maximum absolute atomic E-state index is 11.6. The van der Waals surface area contributed by atoms with Gasteiger partial charge in [0.25, 0.3) is 0 Å². The summed E-state index contributed by atoms with van der Waals surface area (Å²) in [4.78, 5) is 22.2. The van der Waals surface area contributed by atoms with Crippen molar-refractivity contribution < 1.29 is 19.1 Å². The van der Waals surface area contributed by atoms with Crippen LogP contribution in [-0.2, 0) is 9.53 Å². The lowest BCUT2D eigenvalue weighted by Crippen LogP contribution is -2.11. The third-order valence-corrected chi connectivity index (χ3v) is 2.26. The summed E-state index contributed by atoms with van der Waals surface area (Å²) in [5, 5.41) is 0.362. The lowest BCUT2D eigenvalue weighted by Gasteiger charge is -2.07. The van der Waals surface area contributed by atoms with Gasteiger partial charge in [0.1, 0.15) is 5.75 Å². The number of Topliss-reactive ketones (excluding diaryl/α,β-unsaturated/α-hetero) is 1. The molecule has 0 spiro atoms. The molecule has 0 aromatic heterocycles. The summed E-state index contributed by atoms with van der Waals surface area (Å²) in [6.45, 7) is 3.31. The van der Waals surface area contributed by atoms with E-state index < -0.39 is 5.97 Å². The number of rotatable bonds is 5. The number of carbonyl (C=O) groups excluding carboxylic acids is 2. The molecular weight excluding hydrogens is 244 g/mol. The zero-order valence-corrected chi connectivity index (χ0v) is 10.4. The van der Waals surface area contributed by atoms with E-state index in [1.54, 1.807) is 12.1 Å². The van der Waals surface area contributed by atoms with Gasteiger partial charge in [-0.1, -0.05) is 11.6 Å². The van der Waals surface area contributed by atoms with Gasteiger partial charge >= 0.3 is 5.97 Å². The van der Waals surface area contributed by atoms with E-state index in [2.05, 4.69) is 4.74 Å². The third-order valence-electron chi connectivity index (χ3n) is 1.96. The Kier molecular flexibility index (Phi) is 4.97. The molecule has 0 atom stereocenters. The van der Waals surface area contributed by atoms with Gasteiger partial charge in [0, 0.05) is 12.5 Å². The molecule has 0 saturated heterocycles. The summed E-state index contributed by atoms with van der Waals surface area (Å²) < 4.78 is 9.85. The van der Waals surface area contributed by atoms with Crippen LogP contribution in [0.2, 0.25) is 5.02 Å². The van der Waals surface area contributed by atoms with Gasteiger partial charge in [0.15, 0.2) is 12.4 Å². The highest BCUT2D eigenvalue weighted by Crippen LogP contribution is 2.25. The van der Waals surface area contributed by atoms with Crippen LogP contribution < -0.4 is 4.74 Å². The van der Waals surface area contributed by atoms with Crippen molar-refractivity contribution in [2.75, 3.05) is 13.2 Å². The van der Waals surface area contributed by atoms with Crippen molar-refractivity contribution in [3.05, 3.63) is 28.8 Å². The summed E-state index contributed by atoms with van der Waals surface area (Å²) in [7, 11) is 0. The first-order valence-electron chi connectivity index (χ1n) is 5.13. The van der Waals surface area contributed by atoms with Crippen molar-refractivity contribution in [1.82, 2.24) is 0 Å². The van der Waals surface area contributed by atoms with E-state index in [0.29, 0.717) is 22.9 Å². The molecule has 0 aliphatic heterocycles. The maximum atomic E-state index is 11.6. The number of ketones is 1. The summed E-state index contributed by atoms with van der Waals surface area (Å²) in [6, 6.07) is 4.70. The number of carbonyl (C=O) groups is 2. The minimum Gasteiger partial charge on any atom is -0.492 e. The number of ether oxygens (including phenoxy) is 2. The SMILES string of the molecule is CCOc1ccc(C(=O)COC(C)=O)cc1Cl. The van der Waals surface area contributed by atoms with E-state index >= 15 is 0 Å². The number of hydrogen-bond donors (Lipinski definition) is 0. The first kappa shape index (κ1) is 13.5. The van der Waals surface area contributed by atoms with E-state index in [4.69, 9.17) is 16.3 Å². The molecule has 0 aliphatic carbocycles. The molecule has 17 heavy (non-hydrogen) atoms. The molecule has 0 amide bonds. The van der Waals surface area contributed by atoms with Gasteiger partial charge in [-0.2, -0.15) is 0 Å². The van der Waals surface area contributed by atoms with E-state index in [0.717, 1.165) is 0 Å². The van der Waals surface area contributed by atoms with Crippen molar-refractivity contribution in [2.24, 2.45) is 0 Å². The first-order chi connectivity index (χ1) is 8.04. The topological polar surface area (TPSA) is 52.6 Å². The van der Waals surface area contributed by atoms with Crippen LogP contribution >= 0.6 is 11.6 Å². The van der Waals surface area contributed by atoms with Crippen LogP contribution in [0.15, 0.2) is 18.2 Å². The molecule has 1 rings (SSSR count). The second-order valence-electron chi connectivity index (χ2n) is 3.28. The van der Waals surface area contributed by atoms with Crippen LogP contribution in [0.5, 0.6) is 5.75 Å². The predicted octanol–water partition coefficient (Wildman–Crippen LogP) is 2.48. The fraction of sp³-hybridized carbons (Fsp3) is 0.333. The van der Waals surface area contributed by atoms with Crippen molar-refractivity contribution >= 4 is 23.4 Å². The Hall–Kier alpha value is -1.55. The average molecular weight is 257 g/mol. The fourth-order valence-corrected chi connectivity index (χ4v) is 1.43. The molecule has 0 heterocycles. The Morgan fingerprint density at radius 3 is 2.59 bits per heavy atom. The smallest absolute Gasteiger partial charge is 0.303 e. The first-order valence-corrected chi connectivity index (χ1v) is 5.51. The zero-order chi connectivity index (χ0) is 12.8. The second kappa shape index (κ2) is 6.25. The highest BCUT2D eigenvalue weighted by Gasteiger charge is 2.10. The maximum Gasteiger partial charge on any atom is 0.303 e. The number of esters is 1. The molecule has 1 aromatic carbocycles. The van der Waals surface area contributed by atoms with Crippen LogP contribution in [0, 0.1) is 0 Å². The molecule has 0 radical (unpaired) electrons. The predicted molar refractivity (Wildman–Crippen MR) is 63.6 cm³/mol. The minimum absolute atomic E-state index is 0.278. The standard InChI is InChI=1S/C12H13ClO4/c1-3-16-12-5-4-9(6-10(12)13)11(15)7-17-8(2)14/h4-6H,3,7H2,1-2H3. The number of benzene rings is 1. The van der Waals surface area contributed by atoms with E-state index in [9.17, 15) is 9.59 Å². The Labute approximate surface area is 104 Å². The van der Waals surface area contributed by atoms with Crippen molar-refractivity contribution in [2.45, 2.75) is 13.8 Å². The largest absolute Gasteiger partial charge is 0.492 e. The molecule has 0 N–H and O–H groups in total. The van der Waals surface area contributed by atoms with Gasteiger partial charge in [-0.05, 0) is 25.1 Å². The lowest BCUT2D eigenvalue weighted by molar-refractivity contribution is -0.139. The van der Waals surface area contributed by atoms with Crippen LogP contribution in [0.4, 0.5) is 0 Å². The molecule has 4 nitrogen and oxygen atoms in total. The molecule has 1 aromatic rings. The van der Waals surface area contributed by atoms with Gasteiger partial charge < -0.3 is 9.47 Å². The van der Waals surface area contributed by atoms with Crippen LogP contribution in [-0.4, -0.2) is 25.0 Å². The quantitative estimate of drug-likeness (QED) is 0.600. The van der Waals surface area contributed by atoms with E-state index in [1.165, 1.54) is 13.0 Å². The van der Waals surface area contributed by atoms with Gasteiger partial charge in [-0.3, -0.25) is 9.59 Å².